The highest BCUT2D eigenvalue weighted by Gasteiger charge is 2.32. The number of aliphatic hydroxyl groups excluding tert-OH is 1. The molecule has 2 aromatic heterocycles. The lowest BCUT2D eigenvalue weighted by Crippen LogP contribution is -2.35. The van der Waals surface area contributed by atoms with Crippen LogP contribution in [0.25, 0.3) is 11.0 Å². The highest BCUT2D eigenvalue weighted by molar-refractivity contribution is 6.21. The molecule has 0 bridgehead atoms. The molecule has 1 aliphatic carbocycles. The number of alkyl halides is 1. The maximum atomic E-state index is 13.1. The minimum absolute atomic E-state index is 0.224. The Kier molecular flexibility index (Phi) is 6.24. The molecule has 3 aromatic rings. The number of nitrogens with one attached hydrogen (secondary N) is 2. The highest BCUT2D eigenvalue weighted by Crippen LogP contribution is 2.29. The second kappa shape index (κ2) is 9.07. The van der Waals surface area contributed by atoms with E-state index in [1.807, 2.05) is 24.3 Å². The monoisotopic (exact) mass is 445 g/mol. The molecule has 4 rings (SSSR count). The Balaban J connectivity index is 1.53. The van der Waals surface area contributed by atoms with Gasteiger partial charge in [0.1, 0.15) is 23.3 Å². The third-order valence-electron chi connectivity index (χ3n) is 5.71. The number of benzene rings is 1. The van der Waals surface area contributed by atoms with Crippen LogP contribution in [0.5, 0.6) is 5.75 Å². The number of hydrogen-bond acceptors (Lipinski definition) is 6. The van der Waals surface area contributed by atoms with E-state index in [4.69, 9.17) is 16.3 Å². The first-order valence-corrected chi connectivity index (χ1v) is 10.6. The molecular formula is C21H24ClN5O4. The van der Waals surface area contributed by atoms with E-state index in [9.17, 15) is 14.7 Å². The smallest absolute Gasteiger partial charge is 0.266 e. The number of halogens is 1. The summed E-state index contributed by atoms with van der Waals surface area (Å²) in [4.78, 5) is 30.0. The van der Waals surface area contributed by atoms with Crippen molar-refractivity contribution in [2.45, 2.75) is 43.7 Å². The van der Waals surface area contributed by atoms with Crippen LogP contribution in [0.1, 0.15) is 24.8 Å². The Morgan fingerprint density at radius 3 is 2.97 bits per heavy atom. The van der Waals surface area contributed by atoms with Gasteiger partial charge in [0.05, 0.1) is 18.6 Å². The SMILES string of the molecule is COc1ccccc1CCn1cnc2n[nH]c(NC(=O)C3CCC(O)C(Cl)C3)c2c1=O. The van der Waals surface area contributed by atoms with Gasteiger partial charge in [0.15, 0.2) is 5.65 Å². The Morgan fingerprint density at radius 2 is 2.19 bits per heavy atom. The van der Waals surface area contributed by atoms with Crippen LogP contribution in [-0.2, 0) is 17.8 Å². The number of nitrogens with zero attached hydrogens (tertiary/aromatic N) is 3. The van der Waals surface area contributed by atoms with Crippen molar-refractivity contribution in [2.75, 3.05) is 12.4 Å². The van der Waals surface area contributed by atoms with Crippen LogP contribution < -0.4 is 15.6 Å². The number of para-hydroxylation sites is 1. The van der Waals surface area contributed by atoms with Gasteiger partial charge in [-0.3, -0.25) is 19.3 Å². The Bertz CT molecular complexity index is 1140. The predicted octanol–water partition coefficient (Wildman–Crippen LogP) is 2.08. The van der Waals surface area contributed by atoms with Crippen LogP contribution in [0.3, 0.4) is 0 Å². The number of hydrogen-bond donors (Lipinski definition) is 3. The van der Waals surface area contributed by atoms with E-state index in [0.717, 1.165) is 11.3 Å². The number of rotatable bonds is 6. The topological polar surface area (TPSA) is 122 Å². The van der Waals surface area contributed by atoms with Gasteiger partial charge in [-0.15, -0.1) is 11.6 Å². The van der Waals surface area contributed by atoms with Crippen molar-refractivity contribution in [1.29, 1.82) is 0 Å². The molecule has 3 N–H and O–H groups in total. The normalized spacial score (nSPS) is 21.2. The number of ether oxygens (including phenoxy) is 1. The van der Waals surface area contributed by atoms with Crippen molar-refractivity contribution in [1.82, 2.24) is 19.7 Å². The van der Waals surface area contributed by atoms with Gasteiger partial charge in [-0.2, -0.15) is 5.10 Å². The summed E-state index contributed by atoms with van der Waals surface area (Å²) in [6.07, 6.45) is 2.81. The number of aliphatic hydroxyl groups is 1. The maximum absolute atomic E-state index is 13.1. The summed E-state index contributed by atoms with van der Waals surface area (Å²) in [5, 5.41) is 19.0. The van der Waals surface area contributed by atoms with Crippen molar-refractivity contribution in [3.8, 4) is 5.75 Å². The van der Waals surface area contributed by atoms with E-state index in [-0.39, 0.29) is 34.2 Å². The molecule has 3 atom stereocenters. The zero-order valence-electron chi connectivity index (χ0n) is 17.0. The van der Waals surface area contributed by atoms with Crippen LogP contribution in [0.2, 0.25) is 0 Å². The molecule has 0 spiro atoms. The first-order chi connectivity index (χ1) is 15.0. The first-order valence-electron chi connectivity index (χ1n) is 10.2. The molecule has 0 saturated heterocycles. The number of aryl methyl sites for hydroxylation is 2. The number of aromatic amines is 1. The molecule has 1 amide bonds. The predicted molar refractivity (Wildman–Crippen MR) is 116 cm³/mol. The second-order valence-corrected chi connectivity index (χ2v) is 8.25. The number of fused-ring (bicyclic) bond motifs is 1. The summed E-state index contributed by atoms with van der Waals surface area (Å²) in [6.45, 7) is 0.398. The summed E-state index contributed by atoms with van der Waals surface area (Å²) in [6, 6.07) is 7.63. The molecule has 164 valence electrons. The van der Waals surface area contributed by atoms with Gasteiger partial charge in [-0.05, 0) is 37.3 Å². The average Bonchev–Trinajstić information content (AvgIpc) is 3.18. The molecular weight excluding hydrogens is 422 g/mol. The van der Waals surface area contributed by atoms with Crippen LogP contribution in [0.15, 0.2) is 35.4 Å². The summed E-state index contributed by atoms with van der Waals surface area (Å²) in [5.74, 6) is 0.387. The number of H-pyrrole nitrogens is 1. The van der Waals surface area contributed by atoms with Gasteiger partial charge in [0.2, 0.25) is 5.91 Å². The van der Waals surface area contributed by atoms with Crippen LogP contribution in [0, 0.1) is 5.92 Å². The molecule has 10 heteroatoms. The summed E-state index contributed by atoms with van der Waals surface area (Å²) in [7, 11) is 1.61. The van der Waals surface area contributed by atoms with Gasteiger partial charge < -0.3 is 15.2 Å². The van der Waals surface area contributed by atoms with Crippen molar-refractivity contribution in [3.63, 3.8) is 0 Å². The largest absolute Gasteiger partial charge is 0.496 e. The summed E-state index contributed by atoms with van der Waals surface area (Å²) >= 11 is 6.11. The third kappa shape index (κ3) is 4.42. The number of amides is 1. The lowest BCUT2D eigenvalue weighted by Gasteiger charge is -2.28. The fourth-order valence-corrected chi connectivity index (χ4v) is 4.25. The lowest BCUT2D eigenvalue weighted by molar-refractivity contribution is -0.121. The quantitative estimate of drug-likeness (QED) is 0.499. The first kappa shape index (κ1) is 21.3. The van der Waals surface area contributed by atoms with Gasteiger partial charge in [-0.25, -0.2) is 4.98 Å². The Morgan fingerprint density at radius 1 is 1.39 bits per heavy atom. The van der Waals surface area contributed by atoms with E-state index < -0.39 is 11.5 Å². The van der Waals surface area contributed by atoms with E-state index in [0.29, 0.717) is 32.2 Å². The van der Waals surface area contributed by atoms with Crippen LogP contribution in [0.4, 0.5) is 5.82 Å². The fraction of sp³-hybridized carbons (Fsp3) is 0.429. The molecule has 31 heavy (non-hydrogen) atoms. The standard InChI is InChI=1S/C21H24ClN5O4/c1-31-16-5-3-2-4-12(16)8-9-27-11-23-18-17(21(27)30)19(26-25-18)24-20(29)13-6-7-15(28)14(22)10-13/h2-5,11,13-15,28H,6-10H2,1H3,(H2,24,25,26,29). The zero-order chi connectivity index (χ0) is 22.0. The molecule has 0 aliphatic heterocycles. The molecule has 1 saturated carbocycles. The minimum Gasteiger partial charge on any atom is -0.496 e. The van der Waals surface area contributed by atoms with Gasteiger partial charge >= 0.3 is 0 Å². The minimum atomic E-state index is -0.599. The van der Waals surface area contributed by atoms with Gasteiger partial charge in [0, 0.05) is 12.5 Å². The van der Waals surface area contributed by atoms with Crippen molar-refractivity contribution >= 4 is 34.4 Å². The number of methoxy groups -OCH3 is 1. The van der Waals surface area contributed by atoms with Crippen molar-refractivity contribution in [3.05, 3.63) is 46.5 Å². The molecule has 1 aliphatic rings. The Labute approximate surface area is 183 Å². The number of aromatic nitrogens is 4. The third-order valence-corrected chi connectivity index (χ3v) is 6.18. The molecule has 1 fully saturated rings. The molecule has 9 nitrogen and oxygen atoms in total. The zero-order valence-corrected chi connectivity index (χ0v) is 17.8. The molecule has 2 heterocycles. The van der Waals surface area contributed by atoms with E-state index >= 15 is 0 Å². The van der Waals surface area contributed by atoms with E-state index in [2.05, 4.69) is 20.5 Å². The van der Waals surface area contributed by atoms with E-state index in [1.54, 1.807) is 7.11 Å². The number of carbonyl (C=O) groups is 1. The second-order valence-electron chi connectivity index (χ2n) is 7.68. The molecule has 0 radical (unpaired) electrons. The summed E-state index contributed by atoms with van der Waals surface area (Å²) < 4.78 is 6.86. The van der Waals surface area contributed by atoms with Gasteiger partial charge in [0.25, 0.3) is 5.56 Å². The van der Waals surface area contributed by atoms with Crippen LogP contribution in [-0.4, -0.2) is 49.4 Å². The van der Waals surface area contributed by atoms with Gasteiger partial charge in [-0.1, -0.05) is 18.2 Å². The van der Waals surface area contributed by atoms with E-state index in [1.165, 1.54) is 10.9 Å². The Hall–Kier alpha value is -2.91. The lowest BCUT2D eigenvalue weighted by atomic mass is 9.86. The fourth-order valence-electron chi connectivity index (χ4n) is 3.91. The summed E-state index contributed by atoms with van der Waals surface area (Å²) in [5.41, 5.74) is 0.925. The highest BCUT2D eigenvalue weighted by atomic mass is 35.5. The molecule has 3 unspecified atom stereocenters. The van der Waals surface area contributed by atoms with Crippen molar-refractivity contribution in [2.24, 2.45) is 5.92 Å². The number of carbonyl (C=O) groups excluding carboxylic acids is 1. The molecule has 1 aromatic carbocycles. The average molecular weight is 446 g/mol. The number of anilines is 1. The van der Waals surface area contributed by atoms with Crippen molar-refractivity contribution < 1.29 is 14.6 Å². The van der Waals surface area contributed by atoms with Crippen LogP contribution >= 0.6 is 11.6 Å². The maximum Gasteiger partial charge on any atom is 0.266 e.